The monoisotopic (exact) mass is 531 g/mol. The number of aldehydes is 2. The summed E-state index contributed by atoms with van der Waals surface area (Å²) in [5.74, 6) is 0.966. The fourth-order valence-corrected chi connectivity index (χ4v) is 4.62. The second-order valence-electron chi connectivity index (χ2n) is 9.27. The summed E-state index contributed by atoms with van der Waals surface area (Å²) in [6.45, 7) is 6.94. The van der Waals surface area contributed by atoms with Gasteiger partial charge >= 0.3 is 0 Å². The van der Waals surface area contributed by atoms with Crippen LogP contribution in [0.2, 0.25) is 0 Å². The topological polar surface area (TPSA) is 92.9 Å². The Labute approximate surface area is 232 Å². The van der Waals surface area contributed by atoms with Crippen LogP contribution >= 0.6 is 0 Å². The minimum atomic E-state index is 0.241. The van der Waals surface area contributed by atoms with Gasteiger partial charge in [-0.15, -0.1) is 0 Å². The third-order valence-corrected chi connectivity index (χ3v) is 6.79. The molecule has 0 spiro atoms. The van der Waals surface area contributed by atoms with Crippen LogP contribution < -0.4 is 10.5 Å². The van der Waals surface area contributed by atoms with E-state index in [1.54, 1.807) is 12.1 Å². The van der Waals surface area contributed by atoms with Crippen molar-refractivity contribution in [2.45, 2.75) is 25.4 Å². The fourth-order valence-electron chi connectivity index (χ4n) is 4.62. The average Bonchev–Trinajstić information content (AvgIpc) is 3.02. The van der Waals surface area contributed by atoms with Crippen LogP contribution in [0.3, 0.4) is 0 Å². The van der Waals surface area contributed by atoms with Crippen LogP contribution in [0.1, 0.15) is 39.1 Å². The van der Waals surface area contributed by atoms with E-state index in [1.807, 2.05) is 25.0 Å². The number of likely N-dealkylation sites (N-methyl/N-ethyl adjacent to an activating group) is 1. The molecule has 0 atom stereocenters. The van der Waals surface area contributed by atoms with Crippen LogP contribution in [-0.4, -0.2) is 82.1 Å². The lowest BCUT2D eigenvalue weighted by molar-refractivity contribution is -0.0980. The molecule has 7 heteroatoms. The number of likely N-dealkylation sites (tertiary alicyclic amines) is 1. The largest absolute Gasteiger partial charge is 0.490 e. The normalized spacial score (nSPS) is 13.4. The summed E-state index contributed by atoms with van der Waals surface area (Å²) in [5.41, 5.74) is 8.98. The summed E-state index contributed by atoms with van der Waals surface area (Å²) in [5, 5.41) is 0. The first-order valence-corrected chi connectivity index (χ1v) is 13.3. The molecule has 0 radical (unpaired) electrons. The van der Waals surface area contributed by atoms with Gasteiger partial charge in [0, 0.05) is 49.4 Å². The zero-order valence-electron chi connectivity index (χ0n) is 23.1. The van der Waals surface area contributed by atoms with Crippen LogP contribution in [0.15, 0.2) is 72.8 Å². The zero-order chi connectivity index (χ0) is 28.5. The molecule has 1 aliphatic heterocycles. The lowest BCUT2D eigenvalue weighted by atomic mass is 10.0. The number of nitrogens with zero attached hydrogens (tertiary/aromatic N) is 2. The van der Waals surface area contributed by atoms with E-state index in [4.69, 9.17) is 9.53 Å². The van der Waals surface area contributed by atoms with Crippen LogP contribution in [0.5, 0.6) is 5.75 Å². The third-order valence-electron chi connectivity index (χ3n) is 6.79. The highest BCUT2D eigenvalue weighted by Crippen LogP contribution is 2.31. The number of ether oxygens (including phenoxy) is 1. The van der Waals surface area contributed by atoms with Crippen molar-refractivity contribution < 1.29 is 19.1 Å². The molecular weight excluding hydrogens is 490 g/mol. The van der Waals surface area contributed by atoms with Gasteiger partial charge in [-0.05, 0) is 56.6 Å². The number of carbonyl (C=O) groups excluding carboxylic acids is 3. The molecule has 0 saturated carbocycles. The summed E-state index contributed by atoms with van der Waals surface area (Å²) in [6, 6.07) is 24.1. The van der Waals surface area contributed by atoms with E-state index in [2.05, 4.69) is 65.0 Å². The first-order valence-electron chi connectivity index (χ1n) is 13.3. The first-order chi connectivity index (χ1) is 19.2. The number of hydrogen-bond acceptors (Lipinski definition) is 7. The molecule has 3 aromatic carbocycles. The van der Waals surface area contributed by atoms with Crippen LogP contribution in [0.4, 0.5) is 0 Å². The molecule has 0 aromatic heterocycles. The van der Waals surface area contributed by atoms with E-state index in [0.717, 1.165) is 81.4 Å². The van der Waals surface area contributed by atoms with Gasteiger partial charge in [0.1, 0.15) is 31.2 Å². The fraction of sp³-hybridized carbons (Fsp3) is 0.344. The molecule has 3 aromatic rings. The van der Waals surface area contributed by atoms with E-state index in [-0.39, 0.29) is 6.10 Å². The molecule has 7 nitrogen and oxygen atoms in total. The number of piperidine rings is 1. The molecule has 1 heterocycles. The highest BCUT2D eigenvalue weighted by Gasteiger charge is 2.21. The van der Waals surface area contributed by atoms with E-state index in [9.17, 15) is 9.59 Å². The van der Waals surface area contributed by atoms with Gasteiger partial charge in [0.15, 0.2) is 0 Å². The van der Waals surface area contributed by atoms with Crippen LogP contribution in [0.25, 0.3) is 11.1 Å². The number of nitrogens with two attached hydrogens (primary N) is 1. The lowest BCUT2D eigenvalue weighted by Crippen LogP contribution is -2.42. The average molecular weight is 532 g/mol. The van der Waals surface area contributed by atoms with Crippen molar-refractivity contribution in [2.75, 3.05) is 46.8 Å². The second-order valence-corrected chi connectivity index (χ2v) is 9.27. The zero-order valence-corrected chi connectivity index (χ0v) is 23.1. The van der Waals surface area contributed by atoms with E-state index in [0.29, 0.717) is 11.1 Å². The molecular formula is C32H41N3O4. The molecule has 1 fully saturated rings. The number of hydrogen-bond donors (Lipinski definition) is 1. The van der Waals surface area contributed by atoms with Crippen molar-refractivity contribution in [3.05, 3.63) is 89.5 Å². The molecule has 0 amide bonds. The summed E-state index contributed by atoms with van der Waals surface area (Å²) < 4.78 is 6.45. The van der Waals surface area contributed by atoms with Gasteiger partial charge in [-0.2, -0.15) is 0 Å². The lowest BCUT2D eigenvalue weighted by Gasteiger charge is -2.33. The Bertz CT molecular complexity index is 1130. The van der Waals surface area contributed by atoms with E-state index < -0.39 is 0 Å². The Kier molecular flexibility index (Phi) is 14.4. The Morgan fingerprint density at radius 1 is 0.923 bits per heavy atom. The standard InChI is InChI=1S/C30H34N2O3.CH5N.CH2O/c1-31(16-13-25-12-11-24(22-33)21-27(25)23-34)19-20-32-17-14-28(15-18-32)35-30-10-6-5-9-29(30)26-7-3-2-4-8-26;2*1-2/h2-12,21-23,28H,13-20H2,1H3;2H2,1H3;1H2. The quantitative estimate of drug-likeness (QED) is 0.367. The van der Waals surface area contributed by atoms with Crippen molar-refractivity contribution in [1.29, 1.82) is 0 Å². The molecule has 0 unspecified atom stereocenters. The molecule has 4 rings (SSSR count). The molecule has 39 heavy (non-hydrogen) atoms. The van der Waals surface area contributed by atoms with Crippen molar-refractivity contribution in [2.24, 2.45) is 5.73 Å². The Hall–Kier alpha value is -3.65. The molecule has 1 aliphatic rings. The van der Waals surface area contributed by atoms with Gasteiger partial charge in [-0.25, -0.2) is 0 Å². The summed E-state index contributed by atoms with van der Waals surface area (Å²) in [6.07, 6.45) is 4.70. The van der Waals surface area contributed by atoms with Gasteiger partial charge in [0.2, 0.25) is 0 Å². The van der Waals surface area contributed by atoms with Gasteiger partial charge in [0.25, 0.3) is 0 Å². The Morgan fingerprint density at radius 2 is 1.59 bits per heavy atom. The minimum absolute atomic E-state index is 0.241. The maximum atomic E-state index is 11.4. The second kappa shape index (κ2) is 17.8. The highest BCUT2D eigenvalue weighted by molar-refractivity contribution is 5.83. The minimum Gasteiger partial charge on any atom is -0.490 e. The summed E-state index contributed by atoms with van der Waals surface area (Å²) >= 11 is 0. The van der Waals surface area contributed by atoms with Gasteiger partial charge in [-0.1, -0.05) is 60.7 Å². The van der Waals surface area contributed by atoms with Crippen molar-refractivity contribution in [1.82, 2.24) is 9.80 Å². The molecule has 1 saturated heterocycles. The van der Waals surface area contributed by atoms with E-state index >= 15 is 0 Å². The van der Waals surface area contributed by atoms with Gasteiger partial charge in [0.05, 0.1) is 0 Å². The summed E-state index contributed by atoms with van der Waals surface area (Å²) in [4.78, 5) is 35.1. The smallest absolute Gasteiger partial charge is 0.150 e. The van der Waals surface area contributed by atoms with Crippen molar-refractivity contribution >= 4 is 19.4 Å². The molecule has 0 bridgehead atoms. The predicted octanol–water partition coefficient (Wildman–Crippen LogP) is 4.39. The highest BCUT2D eigenvalue weighted by atomic mass is 16.5. The maximum Gasteiger partial charge on any atom is 0.150 e. The SMILES string of the molecule is C=O.CN.CN(CCc1ccc(C=O)cc1C=O)CCN1CCC(Oc2ccccc2-c2ccccc2)CC1. The van der Waals surface area contributed by atoms with Gasteiger partial charge < -0.3 is 25.1 Å². The van der Waals surface area contributed by atoms with E-state index in [1.165, 1.54) is 12.6 Å². The van der Waals surface area contributed by atoms with Gasteiger partial charge in [-0.3, -0.25) is 9.59 Å². The Morgan fingerprint density at radius 3 is 2.26 bits per heavy atom. The first kappa shape index (κ1) is 31.6. The number of carbonyl (C=O) groups is 3. The number of benzene rings is 3. The predicted molar refractivity (Wildman–Crippen MR) is 158 cm³/mol. The van der Waals surface area contributed by atoms with Crippen LogP contribution in [-0.2, 0) is 11.2 Å². The Balaban J connectivity index is 0.00000127. The maximum absolute atomic E-state index is 11.4. The number of rotatable bonds is 11. The summed E-state index contributed by atoms with van der Waals surface area (Å²) in [7, 11) is 3.62. The van der Waals surface area contributed by atoms with Crippen molar-refractivity contribution in [3.8, 4) is 16.9 Å². The number of para-hydroxylation sites is 1. The van der Waals surface area contributed by atoms with Crippen molar-refractivity contribution in [3.63, 3.8) is 0 Å². The van der Waals surface area contributed by atoms with Crippen LogP contribution in [0, 0.1) is 0 Å². The molecule has 2 N–H and O–H groups in total. The molecule has 208 valence electrons. The molecule has 0 aliphatic carbocycles. The third kappa shape index (κ3) is 9.87.